The molecule has 0 fully saturated rings. The van der Waals surface area contributed by atoms with Gasteiger partial charge in [0.05, 0.1) is 0 Å². The molecule has 0 aliphatic heterocycles. The Balaban J connectivity index is 2.27. The first-order valence-corrected chi connectivity index (χ1v) is 7.85. The molecule has 1 aromatic rings. The highest BCUT2D eigenvalue weighted by Gasteiger charge is 2.07. The molecule has 0 aromatic carbocycles. The van der Waals surface area contributed by atoms with Gasteiger partial charge >= 0.3 is 0 Å². The van der Waals surface area contributed by atoms with Gasteiger partial charge in [-0.2, -0.15) is 0 Å². The van der Waals surface area contributed by atoms with Gasteiger partial charge in [0, 0.05) is 25.0 Å². The van der Waals surface area contributed by atoms with Crippen LogP contribution < -0.4 is 4.57 Å². The number of aromatic nitrogens is 1. The van der Waals surface area contributed by atoms with Crippen LogP contribution in [0.2, 0.25) is 0 Å². The van der Waals surface area contributed by atoms with Crippen LogP contribution in [0.4, 0.5) is 0 Å². The summed E-state index contributed by atoms with van der Waals surface area (Å²) in [5.74, 6) is 0. The van der Waals surface area contributed by atoms with Gasteiger partial charge in [-0.25, -0.2) is 4.57 Å². The summed E-state index contributed by atoms with van der Waals surface area (Å²) in [5.41, 5.74) is 1.51. The highest BCUT2D eigenvalue weighted by molar-refractivity contribution is 4.97. The monoisotopic (exact) mass is 248 g/mol. The van der Waals surface area contributed by atoms with Gasteiger partial charge in [-0.15, -0.1) is 0 Å². The molecule has 0 unspecified atom stereocenters. The molecule has 0 spiro atoms. The van der Waals surface area contributed by atoms with Crippen molar-refractivity contribution in [1.29, 1.82) is 0 Å². The Morgan fingerprint density at radius 2 is 1.56 bits per heavy atom. The van der Waals surface area contributed by atoms with Crippen LogP contribution in [0.5, 0.6) is 0 Å². The molecule has 0 amide bonds. The van der Waals surface area contributed by atoms with E-state index >= 15 is 0 Å². The van der Waals surface area contributed by atoms with Crippen molar-refractivity contribution in [2.45, 2.75) is 78.2 Å². The van der Waals surface area contributed by atoms with E-state index in [9.17, 15) is 0 Å². The van der Waals surface area contributed by atoms with E-state index in [1.165, 1.54) is 70.0 Å². The zero-order chi connectivity index (χ0) is 13.1. The molecule has 1 rings (SSSR count). The van der Waals surface area contributed by atoms with E-state index in [2.05, 4.69) is 42.8 Å². The number of nitrogens with zero attached hydrogens (tertiary/aromatic N) is 1. The van der Waals surface area contributed by atoms with E-state index in [4.69, 9.17) is 0 Å². The lowest BCUT2D eigenvalue weighted by molar-refractivity contribution is -0.704. The van der Waals surface area contributed by atoms with E-state index in [-0.39, 0.29) is 0 Å². The van der Waals surface area contributed by atoms with Crippen molar-refractivity contribution in [3.63, 3.8) is 0 Å². The van der Waals surface area contributed by atoms with E-state index < -0.39 is 0 Å². The third-order valence-electron chi connectivity index (χ3n) is 3.57. The predicted octanol–water partition coefficient (Wildman–Crippen LogP) is 4.68. The fraction of sp³-hybridized carbons (Fsp3) is 0.706. The van der Waals surface area contributed by atoms with Gasteiger partial charge in [-0.05, 0) is 12.8 Å². The Hall–Kier alpha value is -0.850. The van der Waals surface area contributed by atoms with Crippen LogP contribution in [0, 0.1) is 0 Å². The Morgan fingerprint density at radius 3 is 2.33 bits per heavy atom. The van der Waals surface area contributed by atoms with Crippen LogP contribution in [-0.4, -0.2) is 0 Å². The molecule has 1 heterocycles. The number of hydrogen-bond acceptors (Lipinski definition) is 0. The van der Waals surface area contributed by atoms with Gasteiger partial charge in [-0.1, -0.05) is 52.0 Å². The average Bonchev–Trinajstić information content (AvgIpc) is 2.41. The van der Waals surface area contributed by atoms with Crippen LogP contribution in [0.3, 0.4) is 0 Å². The van der Waals surface area contributed by atoms with Crippen LogP contribution in [0.15, 0.2) is 24.4 Å². The summed E-state index contributed by atoms with van der Waals surface area (Å²) in [6, 6.07) is 6.61. The maximum atomic E-state index is 2.45. The lowest BCUT2D eigenvalue weighted by Crippen LogP contribution is -2.37. The smallest absolute Gasteiger partial charge is 0.181 e. The van der Waals surface area contributed by atoms with Crippen molar-refractivity contribution in [2.75, 3.05) is 0 Å². The second kappa shape index (κ2) is 10.1. The maximum Gasteiger partial charge on any atom is 0.181 e. The highest BCUT2D eigenvalue weighted by atomic mass is 14.9. The topological polar surface area (TPSA) is 3.88 Å². The second-order valence-corrected chi connectivity index (χ2v) is 5.26. The molecule has 1 heteroatoms. The van der Waals surface area contributed by atoms with Crippen molar-refractivity contribution in [2.24, 2.45) is 0 Å². The molecule has 0 saturated carbocycles. The minimum atomic E-state index is 1.20. The summed E-state index contributed by atoms with van der Waals surface area (Å²) in [5, 5.41) is 0. The SMILES string of the molecule is CCCCCCCC[n+]1ccccc1CCCC. The Labute approximate surface area is 113 Å². The van der Waals surface area contributed by atoms with Crippen LogP contribution in [0.1, 0.15) is 70.9 Å². The summed E-state index contributed by atoms with van der Waals surface area (Å²) in [4.78, 5) is 0. The van der Waals surface area contributed by atoms with Crippen LogP contribution >= 0.6 is 0 Å². The molecule has 0 bridgehead atoms. The molecule has 0 aliphatic carbocycles. The zero-order valence-electron chi connectivity index (χ0n) is 12.3. The highest BCUT2D eigenvalue weighted by Crippen LogP contribution is 2.05. The van der Waals surface area contributed by atoms with Crippen LogP contribution in [0.25, 0.3) is 0 Å². The molecule has 0 saturated heterocycles. The van der Waals surface area contributed by atoms with Gasteiger partial charge in [-0.3, -0.25) is 0 Å². The molecule has 0 aliphatic rings. The third-order valence-corrected chi connectivity index (χ3v) is 3.57. The molecule has 102 valence electrons. The quantitative estimate of drug-likeness (QED) is 0.418. The standard InChI is InChI=1S/C17H30N/c1-3-5-7-8-9-11-15-18-16-12-10-14-17(18)13-6-4-2/h10,12,14,16H,3-9,11,13,15H2,1-2H3/q+1. The Morgan fingerprint density at radius 1 is 0.833 bits per heavy atom. The predicted molar refractivity (Wildman–Crippen MR) is 78.6 cm³/mol. The number of hydrogen-bond donors (Lipinski definition) is 0. The normalized spacial score (nSPS) is 10.8. The summed E-state index contributed by atoms with van der Waals surface area (Å²) in [7, 11) is 0. The van der Waals surface area contributed by atoms with E-state index in [1.54, 1.807) is 0 Å². The van der Waals surface area contributed by atoms with E-state index in [0.29, 0.717) is 0 Å². The van der Waals surface area contributed by atoms with Crippen LogP contribution in [-0.2, 0) is 13.0 Å². The van der Waals surface area contributed by atoms with Crippen molar-refractivity contribution in [3.05, 3.63) is 30.1 Å². The zero-order valence-corrected chi connectivity index (χ0v) is 12.3. The first kappa shape index (κ1) is 15.2. The molecule has 0 N–H and O–H groups in total. The minimum Gasteiger partial charge on any atom is -0.202 e. The van der Waals surface area contributed by atoms with Gasteiger partial charge in [0.15, 0.2) is 11.9 Å². The number of unbranched alkanes of at least 4 members (excludes halogenated alkanes) is 6. The lowest BCUT2D eigenvalue weighted by Gasteiger charge is -2.03. The first-order valence-electron chi connectivity index (χ1n) is 7.85. The fourth-order valence-corrected chi connectivity index (χ4v) is 2.38. The summed E-state index contributed by atoms with van der Waals surface area (Å²) < 4.78 is 2.45. The molecular formula is C17H30N+. The number of pyridine rings is 1. The van der Waals surface area contributed by atoms with Gasteiger partial charge in [0.25, 0.3) is 0 Å². The molecule has 1 nitrogen and oxygen atoms in total. The lowest BCUT2D eigenvalue weighted by atomic mass is 10.1. The molecule has 18 heavy (non-hydrogen) atoms. The number of rotatable bonds is 10. The second-order valence-electron chi connectivity index (χ2n) is 5.26. The minimum absolute atomic E-state index is 1.20. The maximum absolute atomic E-state index is 2.45. The fourth-order valence-electron chi connectivity index (χ4n) is 2.38. The number of aryl methyl sites for hydroxylation is 2. The van der Waals surface area contributed by atoms with E-state index in [0.717, 1.165) is 0 Å². The van der Waals surface area contributed by atoms with Crippen molar-refractivity contribution >= 4 is 0 Å². The summed E-state index contributed by atoms with van der Waals surface area (Å²) in [6.45, 7) is 5.74. The van der Waals surface area contributed by atoms with Gasteiger partial charge in [0.1, 0.15) is 6.54 Å². The van der Waals surface area contributed by atoms with E-state index in [1.807, 2.05) is 0 Å². The first-order chi connectivity index (χ1) is 8.88. The third kappa shape index (κ3) is 6.18. The largest absolute Gasteiger partial charge is 0.202 e. The van der Waals surface area contributed by atoms with Gasteiger partial charge < -0.3 is 0 Å². The Kier molecular flexibility index (Phi) is 8.54. The molecular weight excluding hydrogens is 218 g/mol. The Bertz CT molecular complexity index is 306. The summed E-state index contributed by atoms with van der Waals surface area (Å²) >= 11 is 0. The molecule has 1 aromatic heterocycles. The molecule has 0 atom stereocenters. The van der Waals surface area contributed by atoms with Crippen molar-refractivity contribution in [1.82, 2.24) is 0 Å². The average molecular weight is 248 g/mol. The summed E-state index contributed by atoms with van der Waals surface area (Å²) in [6.07, 6.45) is 14.3. The van der Waals surface area contributed by atoms with Crippen molar-refractivity contribution < 1.29 is 4.57 Å². The van der Waals surface area contributed by atoms with Gasteiger partial charge in [0.2, 0.25) is 0 Å². The van der Waals surface area contributed by atoms with Crippen molar-refractivity contribution in [3.8, 4) is 0 Å². The molecule has 0 radical (unpaired) electrons.